The molecular weight excluding hydrogens is 356 g/mol. The fraction of sp³-hybridized carbons (Fsp3) is 0.333. The monoisotopic (exact) mass is 380 g/mol. The molecule has 2 N–H and O–H groups in total. The highest BCUT2D eigenvalue weighted by molar-refractivity contribution is 5.89. The highest BCUT2D eigenvalue weighted by Crippen LogP contribution is 2.27. The second-order valence-electron chi connectivity index (χ2n) is 6.65. The molecule has 2 aromatic rings. The molecule has 28 heavy (non-hydrogen) atoms. The molecule has 0 aliphatic carbocycles. The molecule has 0 spiro atoms. The molecular formula is C21H24N4O3. The maximum Gasteiger partial charge on any atom is 0.321 e. The van der Waals surface area contributed by atoms with Crippen LogP contribution >= 0.6 is 0 Å². The smallest absolute Gasteiger partial charge is 0.321 e. The Morgan fingerprint density at radius 2 is 1.79 bits per heavy atom. The average molecular weight is 380 g/mol. The Balaban J connectivity index is 1.61. The Labute approximate surface area is 164 Å². The summed E-state index contributed by atoms with van der Waals surface area (Å²) < 4.78 is 10.6. The molecule has 2 aromatic carbocycles. The van der Waals surface area contributed by atoms with Gasteiger partial charge in [0.15, 0.2) is 0 Å². The van der Waals surface area contributed by atoms with Gasteiger partial charge in [0.05, 0.1) is 25.9 Å². The van der Waals surface area contributed by atoms with Gasteiger partial charge in [-0.1, -0.05) is 0 Å². The average Bonchev–Trinajstić information content (AvgIpc) is 2.74. The quantitative estimate of drug-likeness (QED) is 0.826. The van der Waals surface area contributed by atoms with E-state index >= 15 is 0 Å². The maximum atomic E-state index is 12.6. The summed E-state index contributed by atoms with van der Waals surface area (Å²) in [7, 11) is 3.24. The molecule has 0 radical (unpaired) electrons. The number of nitriles is 1. The lowest BCUT2D eigenvalue weighted by atomic mass is 10.1. The molecule has 7 nitrogen and oxygen atoms in total. The summed E-state index contributed by atoms with van der Waals surface area (Å²) >= 11 is 0. The number of nitrogens with zero attached hydrogens (tertiary/aromatic N) is 2. The predicted octanol–water partition coefficient (Wildman–Crippen LogP) is 3.68. The number of carbonyl (C=O) groups is 1. The van der Waals surface area contributed by atoms with Crippen molar-refractivity contribution < 1.29 is 14.3 Å². The van der Waals surface area contributed by atoms with Crippen LogP contribution in [-0.4, -0.2) is 44.3 Å². The third-order valence-electron chi connectivity index (χ3n) is 4.70. The van der Waals surface area contributed by atoms with E-state index in [1.165, 1.54) is 0 Å². The molecule has 0 aromatic heterocycles. The zero-order chi connectivity index (χ0) is 19.9. The number of benzene rings is 2. The Bertz CT molecular complexity index is 839. The highest BCUT2D eigenvalue weighted by atomic mass is 16.5. The first-order chi connectivity index (χ1) is 13.6. The van der Waals surface area contributed by atoms with Crippen molar-refractivity contribution in [2.45, 2.75) is 18.9 Å². The molecule has 1 atom stereocenters. The van der Waals surface area contributed by atoms with Gasteiger partial charge in [0.1, 0.15) is 11.5 Å². The van der Waals surface area contributed by atoms with E-state index in [1.54, 1.807) is 43.4 Å². The molecule has 1 saturated heterocycles. The van der Waals surface area contributed by atoms with Crippen LogP contribution in [0.3, 0.4) is 0 Å². The van der Waals surface area contributed by atoms with Crippen molar-refractivity contribution in [2.75, 3.05) is 37.9 Å². The number of methoxy groups -OCH3 is 2. The van der Waals surface area contributed by atoms with Gasteiger partial charge in [-0.3, -0.25) is 0 Å². The minimum atomic E-state index is -0.139. The van der Waals surface area contributed by atoms with E-state index in [9.17, 15) is 4.79 Å². The Morgan fingerprint density at radius 1 is 1.11 bits per heavy atom. The van der Waals surface area contributed by atoms with Crippen molar-refractivity contribution in [2.24, 2.45) is 0 Å². The van der Waals surface area contributed by atoms with Crippen LogP contribution in [-0.2, 0) is 0 Å². The molecule has 1 fully saturated rings. The highest BCUT2D eigenvalue weighted by Gasteiger charge is 2.24. The molecule has 7 heteroatoms. The van der Waals surface area contributed by atoms with Gasteiger partial charge in [-0.15, -0.1) is 0 Å². The summed E-state index contributed by atoms with van der Waals surface area (Å²) in [6, 6.07) is 14.6. The van der Waals surface area contributed by atoms with Crippen molar-refractivity contribution in [3.63, 3.8) is 0 Å². The summed E-state index contributed by atoms with van der Waals surface area (Å²) in [5.74, 6) is 1.43. The number of hydrogen-bond donors (Lipinski definition) is 2. The molecule has 0 saturated carbocycles. The third-order valence-corrected chi connectivity index (χ3v) is 4.70. The Hall–Kier alpha value is -3.40. The molecule has 1 unspecified atom stereocenters. The lowest BCUT2D eigenvalue weighted by Crippen LogP contribution is -2.46. The SMILES string of the molecule is COc1cc(NC2CCCN(C(=O)Nc3ccc(C#N)cc3)C2)cc(OC)c1. The van der Waals surface area contributed by atoms with E-state index in [0.29, 0.717) is 35.8 Å². The van der Waals surface area contributed by atoms with Crippen molar-refractivity contribution in [1.29, 1.82) is 5.26 Å². The summed E-state index contributed by atoms with van der Waals surface area (Å²) in [4.78, 5) is 14.4. The van der Waals surface area contributed by atoms with Gasteiger partial charge in [-0.25, -0.2) is 4.79 Å². The zero-order valence-electron chi connectivity index (χ0n) is 16.1. The largest absolute Gasteiger partial charge is 0.497 e. The van der Waals surface area contributed by atoms with E-state index in [2.05, 4.69) is 16.7 Å². The number of nitrogens with one attached hydrogen (secondary N) is 2. The van der Waals surface area contributed by atoms with Crippen molar-refractivity contribution in [1.82, 2.24) is 4.90 Å². The zero-order valence-corrected chi connectivity index (χ0v) is 16.1. The van der Waals surface area contributed by atoms with Gasteiger partial charge < -0.3 is 25.0 Å². The minimum Gasteiger partial charge on any atom is -0.497 e. The number of urea groups is 1. The number of likely N-dealkylation sites (tertiary alicyclic amines) is 1. The van der Waals surface area contributed by atoms with Crippen LogP contribution in [0.1, 0.15) is 18.4 Å². The first-order valence-corrected chi connectivity index (χ1v) is 9.17. The Morgan fingerprint density at radius 3 is 2.39 bits per heavy atom. The standard InChI is InChI=1S/C21H24N4O3/c1-27-19-10-18(11-20(12-19)28-2)23-17-4-3-9-25(14-17)21(26)24-16-7-5-15(13-22)6-8-16/h5-8,10-12,17,23H,3-4,9,14H2,1-2H3,(H,24,26). The lowest BCUT2D eigenvalue weighted by molar-refractivity contribution is 0.196. The Kier molecular flexibility index (Phi) is 6.22. The van der Waals surface area contributed by atoms with Gasteiger partial charge in [0.2, 0.25) is 0 Å². The second kappa shape index (κ2) is 9.00. The number of carbonyl (C=O) groups excluding carboxylic acids is 1. The fourth-order valence-electron chi connectivity index (χ4n) is 3.24. The minimum absolute atomic E-state index is 0.136. The van der Waals surface area contributed by atoms with Gasteiger partial charge >= 0.3 is 6.03 Å². The summed E-state index contributed by atoms with van der Waals surface area (Å²) in [6.07, 6.45) is 1.89. The van der Waals surface area contributed by atoms with Crippen LogP contribution in [0.4, 0.5) is 16.2 Å². The molecule has 0 bridgehead atoms. The number of amides is 2. The molecule has 1 aliphatic rings. The molecule has 146 valence electrons. The van der Waals surface area contributed by atoms with Gasteiger partial charge in [-0.2, -0.15) is 5.26 Å². The van der Waals surface area contributed by atoms with E-state index in [1.807, 2.05) is 18.2 Å². The molecule has 1 heterocycles. The summed E-state index contributed by atoms with van der Waals surface area (Å²) in [5, 5.41) is 15.2. The van der Waals surface area contributed by atoms with E-state index in [-0.39, 0.29) is 12.1 Å². The molecule has 2 amide bonds. The van der Waals surface area contributed by atoms with E-state index in [4.69, 9.17) is 14.7 Å². The van der Waals surface area contributed by atoms with Gasteiger partial charge in [0, 0.05) is 48.7 Å². The summed E-state index contributed by atoms with van der Waals surface area (Å²) in [5.41, 5.74) is 2.14. The number of ether oxygens (including phenoxy) is 2. The summed E-state index contributed by atoms with van der Waals surface area (Å²) in [6.45, 7) is 1.31. The number of anilines is 2. The van der Waals surface area contributed by atoms with E-state index < -0.39 is 0 Å². The first kappa shape index (κ1) is 19.4. The molecule has 1 aliphatic heterocycles. The number of rotatable bonds is 5. The van der Waals surface area contributed by atoms with Crippen molar-refractivity contribution in [3.05, 3.63) is 48.0 Å². The first-order valence-electron chi connectivity index (χ1n) is 9.17. The predicted molar refractivity (Wildman–Crippen MR) is 108 cm³/mol. The van der Waals surface area contributed by atoms with Crippen LogP contribution in [0.5, 0.6) is 11.5 Å². The topological polar surface area (TPSA) is 86.6 Å². The molecule has 3 rings (SSSR count). The van der Waals surface area contributed by atoms with Crippen LogP contribution in [0.25, 0.3) is 0 Å². The number of piperidine rings is 1. The lowest BCUT2D eigenvalue weighted by Gasteiger charge is -2.33. The third kappa shape index (κ3) is 4.86. The fourth-order valence-corrected chi connectivity index (χ4v) is 3.24. The van der Waals surface area contributed by atoms with Crippen LogP contribution in [0.15, 0.2) is 42.5 Å². The number of hydrogen-bond acceptors (Lipinski definition) is 5. The van der Waals surface area contributed by atoms with E-state index in [0.717, 1.165) is 18.5 Å². The van der Waals surface area contributed by atoms with Crippen molar-refractivity contribution in [3.8, 4) is 17.6 Å². The van der Waals surface area contributed by atoms with Crippen LogP contribution < -0.4 is 20.1 Å². The maximum absolute atomic E-state index is 12.6. The van der Waals surface area contributed by atoms with Crippen LogP contribution in [0.2, 0.25) is 0 Å². The normalized spacial score (nSPS) is 16.0. The van der Waals surface area contributed by atoms with Gasteiger partial charge in [0.25, 0.3) is 0 Å². The van der Waals surface area contributed by atoms with Crippen LogP contribution in [0, 0.1) is 11.3 Å². The van der Waals surface area contributed by atoms with Gasteiger partial charge in [-0.05, 0) is 37.1 Å². The van der Waals surface area contributed by atoms with Crippen molar-refractivity contribution >= 4 is 17.4 Å². The second-order valence-corrected chi connectivity index (χ2v) is 6.65.